The molecule has 0 saturated carbocycles. The van der Waals surface area contributed by atoms with Gasteiger partial charge in [0.1, 0.15) is 5.15 Å². The summed E-state index contributed by atoms with van der Waals surface area (Å²) in [7, 11) is 0. The smallest absolute Gasteiger partial charge is 0.129 e. The van der Waals surface area contributed by atoms with Gasteiger partial charge in [0.05, 0.1) is 11.4 Å². The lowest BCUT2D eigenvalue weighted by Gasteiger charge is -2.09. The van der Waals surface area contributed by atoms with Crippen LogP contribution in [0.3, 0.4) is 0 Å². The van der Waals surface area contributed by atoms with Crippen LogP contribution in [0.1, 0.15) is 11.3 Å². The number of aromatic amines is 1. The minimum absolute atomic E-state index is 0.525. The third-order valence-electron chi connectivity index (χ3n) is 3.15. The Labute approximate surface area is 116 Å². The van der Waals surface area contributed by atoms with Crippen molar-refractivity contribution in [3.05, 3.63) is 59.0 Å². The number of hydrogen-bond acceptors (Lipinski definition) is 2. The Balaban J connectivity index is 1.77. The van der Waals surface area contributed by atoms with Gasteiger partial charge in [-0.05, 0) is 48.2 Å². The summed E-state index contributed by atoms with van der Waals surface area (Å²) in [6.45, 7) is 2.72. The number of rotatable bonds is 3. The van der Waals surface area contributed by atoms with Crippen LogP contribution in [0.15, 0.2) is 42.6 Å². The molecule has 0 unspecified atom stereocenters. The minimum Gasteiger partial charge on any atom is -0.380 e. The largest absolute Gasteiger partial charge is 0.380 e. The number of pyridine rings is 1. The van der Waals surface area contributed by atoms with Crippen molar-refractivity contribution in [2.24, 2.45) is 0 Å². The lowest BCUT2D eigenvalue weighted by atomic mass is 10.1. The Morgan fingerprint density at radius 1 is 1.21 bits per heavy atom. The predicted molar refractivity (Wildman–Crippen MR) is 79.6 cm³/mol. The number of nitrogens with one attached hydrogen (secondary N) is 2. The van der Waals surface area contributed by atoms with E-state index in [1.54, 1.807) is 6.07 Å². The van der Waals surface area contributed by atoms with E-state index < -0.39 is 0 Å². The second-order valence-electron chi connectivity index (χ2n) is 4.52. The van der Waals surface area contributed by atoms with Crippen molar-refractivity contribution in [3.8, 4) is 0 Å². The second-order valence-corrected chi connectivity index (χ2v) is 4.91. The molecule has 0 amide bonds. The van der Waals surface area contributed by atoms with E-state index in [2.05, 4.69) is 39.6 Å². The maximum Gasteiger partial charge on any atom is 0.129 e. The molecule has 0 fully saturated rings. The second kappa shape index (κ2) is 4.94. The first kappa shape index (κ1) is 12.1. The van der Waals surface area contributed by atoms with E-state index in [-0.39, 0.29) is 0 Å². The average molecular weight is 272 g/mol. The Hall–Kier alpha value is -2.00. The molecule has 2 N–H and O–H groups in total. The van der Waals surface area contributed by atoms with E-state index in [9.17, 15) is 0 Å². The summed E-state index contributed by atoms with van der Waals surface area (Å²) in [5, 5.41) is 5.13. The third kappa shape index (κ3) is 2.56. The number of aryl methyl sites for hydroxylation is 1. The van der Waals surface area contributed by atoms with Gasteiger partial charge in [0.15, 0.2) is 0 Å². The molecule has 2 heterocycles. The predicted octanol–water partition coefficient (Wildman–Crippen LogP) is 4.14. The van der Waals surface area contributed by atoms with E-state index in [1.165, 1.54) is 10.9 Å². The van der Waals surface area contributed by atoms with Crippen LogP contribution in [0.5, 0.6) is 0 Å². The molecule has 3 aromatic rings. The monoisotopic (exact) mass is 271 g/mol. The Morgan fingerprint density at radius 3 is 2.95 bits per heavy atom. The van der Waals surface area contributed by atoms with Crippen LogP contribution in [-0.2, 0) is 6.54 Å². The normalized spacial score (nSPS) is 10.8. The maximum atomic E-state index is 5.84. The van der Waals surface area contributed by atoms with Gasteiger partial charge in [-0.25, -0.2) is 4.98 Å². The Kier molecular flexibility index (Phi) is 3.13. The quantitative estimate of drug-likeness (QED) is 0.703. The molecule has 3 nitrogen and oxygen atoms in total. The third-order valence-corrected chi connectivity index (χ3v) is 3.36. The summed E-state index contributed by atoms with van der Waals surface area (Å²) >= 11 is 5.84. The zero-order chi connectivity index (χ0) is 13.2. The summed E-state index contributed by atoms with van der Waals surface area (Å²) < 4.78 is 0. The van der Waals surface area contributed by atoms with Crippen LogP contribution in [0.2, 0.25) is 5.15 Å². The molecule has 2 aromatic heterocycles. The van der Waals surface area contributed by atoms with Crippen LogP contribution in [0.25, 0.3) is 10.9 Å². The summed E-state index contributed by atoms with van der Waals surface area (Å²) in [4.78, 5) is 7.42. The molecule has 0 bridgehead atoms. The fraction of sp³-hybridized carbons (Fsp3) is 0.133. The van der Waals surface area contributed by atoms with Crippen molar-refractivity contribution in [1.82, 2.24) is 9.97 Å². The lowest BCUT2D eigenvalue weighted by molar-refractivity contribution is 1.11. The Morgan fingerprint density at radius 2 is 2.11 bits per heavy atom. The lowest BCUT2D eigenvalue weighted by Crippen LogP contribution is -2.02. The van der Waals surface area contributed by atoms with Crippen molar-refractivity contribution in [2.45, 2.75) is 13.5 Å². The zero-order valence-electron chi connectivity index (χ0n) is 10.6. The van der Waals surface area contributed by atoms with Gasteiger partial charge in [0, 0.05) is 18.3 Å². The molecule has 0 spiro atoms. The summed E-state index contributed by atoms with van der Waals surface area (Å²) in [6, 6.07) is 12.2. The summed E-state index contributed by atoms with van der Waals surface area (Å²) in [5.41, 5.74) is 4.32. The maximum absolute atomic E-state index is 5.84. The number of aromatic nitrogens is 2. The van der Waals surface area contributed by atoms with Crippen molar-refractivity contribution >= 4 is 28.2 Å². The van der Waals surface area contributed by atoms with Gasteiger partial charge in [-0.2, -0.15) is 0 Å². The number of fused-ring (bicyclic) bond motifs is 1. The first-order valence-electron chi connectivity index (χ1n) is 6.15. The molecule has 19 heavy (non-hydrogen) atoms. The van der Waals surface area contributed by atoms with Crippen LogP contribution in [0, 0.1) is 6.92 Å². The topological polar surface area (TPSA) is 40.7 Å². The van der Waals surface area contributed by atoms with Gasteiger partial charge < -0.3 is 10.3 Å². The van der Waals surface area contributed by atoms with Crippen LogP contribution >= 0.6 is 11.6 Å². The van der Waals surface area contributed by atoms with E-state index in [4.69, 9.17) is 11.6 Å². The number of hydrogen-bond donors (Lipinski definition) is 2. The molecule has 1 aromatic carbocycles. The molecule has 0 saturated heterocycles. The van der Waals surface area contributed by atoms with Gasteiger partial charge in [-0.15, -0.1) is 0 Å². The van der Waals surface area contributed by atoms with E-state index >= 15 is 0 Å². The molecule has 0 atom stereocenters. The molecular formula is C15H14ClN3. The molecule has 4 heteroatoms. The zero-order valence-corrected chi connectivity index (χ0v) is 11.3. The minimum atomic E-state index is 0.525. The van der Waals surface area contributed by atoms with E-state index in [0.717, 1.165) is 23.4 Å². The van der Waals surface area contributed by atoms with E-state index in [0.29, 0.717) is 5.15 Å². The Bertz CT molecular complexity index is 718. The molecular weight excluding hydrogens is 258 g/mol. The molecule has 0 aliphatic heterocycles. The van der Waals surface area contributed by atoms with Gasteiger partial charge >= 0.3 is 0 Å². The first-order chi connectivity index (χ1) is 9.22. The fourth-order valence-corrected chi connectivity index (χ4v) is 2.32. The SMILES string of the molecule is Cc1nc(Cl)ccc1NCc1ccc2[nH]ccc2c1. The van der Waals surface area contributed by atoms with Crippen molar-refractivity contribution in [1.29, 1.82) is 0 Å². The fourth-order valence-electron chi connectivity index (χ4n) is 2.13. The number of nitrogens with zero attached hydrogens (tertiary/aromatic N) is 1. The number of anilines is 1. The molecule has 0 aliphatic rings. The van der Waals surface area contributed by atoms with Crippen LogP contribution in [0.4, 0.5) is 5.69 Å². The first-order valence-corrected chi connectivity index (χ1v) is 6.53. The number of benzene rings is 1. The highest BCUT2D eigenvalue weighted by molar-refractivity contribution is 6.29. The van der Waals surface area contributed by atoms with Gasteiger partial charge in [0.2, 0.25) is 0 Å². The number of H-pyrrole nitrogens is 1. The molecule has 3 rings (SSSR count). The summed E-state index contributed by atoms with van der Waals surface area (Å²) in [5.74, 6) is 0. The van der Waals surface area contributed by atoms with Gasteiger partial charge in [-0.3, -0.25) is 0 Å². The van der Waals surface area contributed by atoms with E-state index in [1.807, 2.05) is 19.2 Å². The average Bonchev–Trinajstić information content (AvgIpc) is 2.85. The summed E-state index contributed by atoms with van der Waals surface area (Å²) in [6.07, 6.45) is 1.95. The highest BCUT2D eigenvalue weighted by Gasteiger charge is 2.01. The molecule has 0 radical (unpaired) electrons. The van der Waals surface area contributed by atoms with Crippen molar-refractivity contribution in [3.63, 3.8) is 0 Å². The van der Waals surface area contributed by atoms with Crippen LogP contribution < -0.4 is 5.32 Å². The van der Waals surface area contributed by atoms with Gasteiger partial charge in [0.25, 0.3) is 0 Å². The molecule has 96 valence electrons. The van der Waals surface area contributed by atoms with Crippen molar-refractivity contribution in [2.75, 3.05) is 5.32 Å². The van der Waals surface area contributed by atoms with Gasteiger partial charge in [-0.1, -0.05) is 17.7 Å². The highest BCUT2D eigenvalue weighted by Crippen LogP contribution is 2.18. The van der Waals surface area contributed by atoms with Crippen LogP contribution in [-0.4, -0.2) is 9.97 Å². The molecule has 0 aliphatic carbocycles. The highest BCUT2D eigenvalue weighted by atomic mass is 35.5. The standard InChI is InChI=1S/C15H14ClN3/c1-10-13(4-5-15(16)19-10)18-9-11-2-3-14-12(8-11)6-7-17-14/h2-8,17-18H,9H2,1H3. The number of halogens is 1. The van der Waals surface area contributed by atoms with Crippen molar-refractivity contribution < 1.29 is 0 Å².